The van der Waals surface area contributed by atoms with Crippen LogP contribution in [-0.4, -0.2) is 205 Å². The molecule has 4 N–H and O–H groups in total. The fourth-order valence-corrected chi connectivity index (χ4v) is 7.43. The number of rotatable bonds is 10. The van der Waals surface area contributed by atoms with Crippen LogP contribution < -0.4 is 0 Å². The van der Waals surface area contributed by atoms with Gasteiger partial charge in [-0.1, -0.05) is 48.5 Å². The Morgan fingerprint density at radius 1 is 0.339 bits per heavy atom. The van der Waals surface area contributed by atoms with E-state index >= 15 is 0 Å². The van der Waals surface area contributed by atoms with Gasteiger partial charge in [-0.2, -0.15) is 33.7 Å². The largest absolute Gasteiger partial charge is 0.294 e. The van der Waals surface area contributed by atoms with Gasteiger partial charge >= 0.3 is 0 Å². The molecule has 7 rings (SSSR count). The molecule has 0 atom stereocenters. The molecule has 3 heterocycles. The molecule has 0 aliphatic heterocycles. The Bertz CT molecular complexity index is 3000. The fraction of sp³-hybridized carbons (Fsp3) is 0. The van der Waals surface area contributed by atoms with Gasteiger partial charge in [0.25, 0.3) is 40.5 Å². The van der Waals surface area contributed by atoms with Crippen molar-refractivity contribution in [3.05, 3.63) is 115 Å². The van der Waals surface area contributed by atoms with Gasteiger partial charge in [0.2, 0.25) is 5.82 Å². The average Bonchev–Trinajstić information content (AvgIpc) is 3.19. The van der Waals surface area contributed by atoms with Crippen LogP contribution in [0, 0.1) is 0 Å². The van der Waals surface area contributed by atoms with E-state index in [1.165, 1.54) is 60.8 Å². The molecule has 4 aromatic carbocycles. The van der Waals surface area contributed by atoms with Crippen molar-refractivity contribution in [1.82, 2.24) is 35.3 Å². The maximum Gasteiger partial charge on any atom is 0.294 e. The van der Waals surface area contributed by atoms with Crippen molar-refractivity contribution in [3.8, 4) is 67.9 Å². The van der Waals surface area contributed by atoms with E-state index in [1.54, 1.807) is 6.07 Å². The van der Waals surface area contributed by atoms with E-state index in [0.29, 0.717) is 27.8 Å². The minimum atomic E-state index is -4.54. The third-order valence-electron chi connectivity index (χ3n) is 8.32. The van der Waals surface area contributed by atoms with Crippen molar-refractivity contribution >= 4 is 159 Å². The average molecular weight is 954 g/mol. The Morgan fingerprint density at radius 2 is 0.629 bits per heavy atom. The summed E-state index contributed by atoms with van der Waals surface area (Å²) in [5.74, 6) is -0.0149. The Balaban J connectivity index is 0.00000256. The quantitative estimate of drug-likeness (QED) is 0.113. The Hall–Kier alpha value is -2.31. The summed E-state index contributed by atoms with van der Waals surface area (Å²) in [7, 11) is -18.1. The van der Waals surface area contributed by atoms with Gasteiger partial charge in [-0.15, -0.1) is 20.4 Å². The number of nitrogens with zero attached hydrogens (tertiary/aromatic N) is 7. The van der Waals surface area contributed by atoms with E-state index in [-0.39, 0.29) is 173 Å². The smallest absolute Gasteiger partial charge is 0.282 e. The summed E-state index contributed by atoms with van der Waals surface area (Å²) in [4.78, 5) is 12.2. The summed E-state index contributed by atoms with van der Waals surface area (Å²) in [6, 6.07) is 23.1. The van der Waals surface area contributed by atoms with Crippen LogP contribution >= 0.6 is 0 Å². The first-order valence-electron chi connectivity index (χ1n) is 16.0. The van der Waals surface area contributed by atoms with Crippen molar-refractivity contribution in [1.29, 1.82) is 0 Å². The normalized spacial score (nSPS) is 11.5. The first kappa shape index (κ1) is 54.0. The fourth-order valence-electron chi connectivity index (χ4n) is 5.51. The minimum Gasteiger partial charge on any atom is -0.282 e. The van der Waals surface area contributed by atoms with Crippen LogP contribution in [0.5, 0.6) is 0 Å². The van der Waals surface area contributed by atoms with Crippen LogP contribution in [0.15, 0.2) is 135 Å². The van der Waals surface area contributed by atoms with Crippen LogP contribution in [0.1, 0.15) is 0 Å². The first-order valence-corrected chi connectivity index (χ1v) is 21.8. The van der Waals surface area contributed by atoms with E-state index in [2.05, 4.69) is 30.4 Å². The van der Waals surface area contributed by atoms with Gasteiger partial charge in [0.05, 0.1) is 19.6 Å². The van der Waals surface area contributed by atoms with E-state index in [9.17, 15) is 51.9 Å². The van der Waals surface area contributed by atoms with E-state index in [0.717, 1.165) is 48.5 Å². The van der Waals surface area contributed by atoms with Crippen LogP contribution in [0.4, 0.5) is 0 Å². The van der Waals surface area contributed by atoms with Gasteiger partial charge < -0.3 is 0 Å². The number of aromatic nitrogens is 7. The topological polar surface area (TPSA) is 308 Å². The van der Waals surface area contributed by atoms with Crippen molar-refractivity contribution in [3.63, 3.8) is 0 Å². The monoisotopic (exact) mass is 953 g/mol. The summed E-state index contributed by atoms with van der Waals surface area (Å²) in [5, 5.41) is 17.2. The van der Waals surface area contributed by atoms with Crippen LogP contribution in [0.2, 0.25) is 0 Å². The van der Waals surface area contributed by atoms with Crippen molar-refractivity contribution in [2.45, 2.75) is 19.6 Å². The molecule has 0 saturated heterocycles. The summed E-state index contributed by atoms with van der Waals surface area (Å²) in [6.07, 6.45) is 1.39. The van der Waals surface area contributed by atoms with Crippen molar-refractivity contribution < 1.29 is 51.9 Å². The predicted molar refractivity (Wildman–Crippen MR) is 226 cm³/mol. The van der Waals surface area contributed by atoms with Gasteiger partial charge in [0.1, 0.15) is 28.5 Å². The molecule has 0 bridgehead atoms. The zero-order valence-electron chi connectivity index (χ0n) is 32.8. The number of pyridine rings is 1. The second kappa shape index (κ2) is 21.3. The van der Waals surface area contributed by atoms with Gasteiger partial charge in [-0.05, 0) is 60.7 Å². The Morgan fingerprint density at radius 3 is 0.952 bits per heavy atom. The Kier molecular flexibility index (Phi) is 18.6. The number of hydrogen-bond donors (Lipinski definition) is 4. The van der Waals surface area contributed by atoms with Crippen LogP contribution in [-0.2, 0) is 40.5 Å². The SMILES string of the molecule is O=S(=O)(O)c1ccc(-c2nnc(-c3ccnc(-c4nnc(-c5ccc(S(=O)(=O)O)cc5)c(-c5ccc(S(=O)(=O)O)cc5)n4)c3)nc2-c2ccc(S(=O)(=O)O)cc2)cc1.[Na].[Na].[Na].[Na]. The van der Waals surface area contributed by atoms with Crippen molar-refractivity contribution in [2.75, 3.05) is 0 Å². The van der Waals surface area contributed by atoms with Gasteiger partial charge in [0.15, 0.2) is 5.82 Å². The summed E-state index contributed by atoms with van der Waals surface area (Å²) < 4.78 is 131. The second-order valence-electron chi connectivity index (χ2n) is 12.1. The summed E-state index contributed by atoms with van der Waals surface area (Å²) >= 11 is 0. The third-order valence-corrected chi connectivity index (χ3v) is 11.8. The molecule has 4 radical (unpaired) electrons. The standard InChI is InChI=1S/C35H23N7O12S4.4Na/c43-55(44,45)25-9-1-20(2-10-25)30-32(22-5-13-27(14-6-22)57(49,50)51)39-41-34(37-30)24-17-18-36-29(19-24)35-38-31(21-3-11-26(12-4-21)56(46,47)48)33(40-42-35)23-7-15-28(16-8-23)58(52,53)54;;;;/h1-19H,(H,43,44,45)(H,46,47,48)(H,49,50,51)(H,52,53,54);;;;. The maximum absolute atomic E-state index is 11.7. The molecule has 0 saturated carbocycles. The third kappa shape index (κ3) is 12.5. The van der Waals surface area contributed by atoms with Crippen molar-refractivity contribution in [2.24, 2.45) is 0 Å². The second-order valence-corrected chi connectivity index (χ2v) is 17.8. The predicted octanol–water partition coefficient (Wildman–Crippen LogP) is 2.92. The molecule has 0 amide bonds. The van der Waals surface area contributed by atoms with E-state index in [4.69, 9.17) is 4.98 Å². The molecule has 3 aromatic heterocycles. The minimum absolute atomic E-state index is 0. The molecular weight excluding hydrogens is 931 g/mol. The van der Waals surface area contributed by atoms with E-state index < -0.39 is 45.4 Å². The molecular formula is C35H23N7Na4O12S4. The molecule has 298 valence electrons. The van der Waals surface area contributed by atoms with Gasteiger partial charge in [-0.25, -0.2) is 9.97 Å². The summed E-state index contributed by atoms with van der Waals surface area (Å²) in [6.45, 7) is 0. The first-order chi connectivity index (χ1) is 27.3. The van der Waals surface area contributed by atoms with Gasteiger partial charge in [-0.3, -0.25) is 23.2 Å². The molecule has 0 unspecified atom stereocenters. The summed E-state index contributed by atoms with van der Waals surface area (Å²) in [5.41, 5.74) is 2.30. The van der Waals surface area contributed by atoms with Crippen LogP contribution in [0.25, 0.3) is 67.9 Å². The molecule has 19 nitrogen and oxygen atoms in total. The molecule has 0 aliphatic carbocycles. The molecule has 0 spiro atoms. The molecule has 27 heteroatoms. The molecule has 62 heavy (non-hydrogen) atoms. The van der Waals surface area contributed by atoms with Crippen LogP contribution in [0.3, 0.4) is 0 Å². The number of hydrogen-bond acceptors (Lipinski definition) is 15. The maximum atomic E-state index is 11.7. The number of benzene rings is 4. The zero-order valence-corrected chi connectivity index (χ0v) is 44.1. The molecule has 0 fully saturated rings. The Labute approximate surface area is 442 Å². The zero-order chi connectivity index (χ0) is 41.6. The van der Waals surface area contributed by atoms with Gasteiger partial charge in [0, 0.05) is 152 Å². The molecule has 0 aliphatic rings. The van der Waals surface area contributed by atoms with E-state index in [1.807, 2.05) is 0 Å². The molecule has 7 aromatic rings.